The molecule has 2 rings (SSSR count). The predicted molar refractivity (Wildman–Crippen MR) is 74.5 cm³/mol. The maximum Gasteiger partial charge on any atom is 0.308 e. The summed E-state index contributed by atoms with van der Waals surface area (Å²) in [6.45, 7) is 6.11. The summed E-state index contributed by atoms with van der Waals surface area (Å²) in [5, 5.41) is 10.3. The Kier molecular flexibility index (Phi) is 4.05. The van der Waals surface area contributed by atoms with E-state index >= 15 is 0 Å². The minimum absolute atomic E-state index is 0.111. The highest BCUT2D eigenvalue weighted by Gasteiger charge is 2.41. The number of ether oxygens (including phenoxy) is 1. The lowest BCUT2D eigenvalue weighted by Gasteiger charge is -2.44. The third-order valence-electron chi connectivity index (χ3n) is 5.09. The Labute approximate surface area is 116 Å². The number of aliphatic hydroxyl groups is 1. The molecule has 0 amide bonds. The van der Waals surface area contributed by atoms with Gasteiger partial charge in [-0.25, -0.2) is 0 Å². The molecule has 0 unspecified atom stereocenters. The van der Waals surface area contributed by atoms with Crippen molar-refractivity contribution in [2.24, 2.45) is 23.7 Å². The molecule has 1 fully saturated rings. The summed E-state index contributed by atoms with van der Waals surface area (Å²) in [6, 6.07) is 0. The van der Waals surface area contributed by atoms with Crippen LogP contribution < -0.4 is 0 Å². The quantitative estimate of drug-likeness (QED) is 0.617. The Morgan fingerprint density at radius 3 is 2.79 bits per heavy atom. The number of fused-ring (bicyclic) bond motifs is 1. The van der Waals surface area contributed by atoms with Gasteiger partial charge in [0, 0.05) is 0 Å². The van der Waals surface area contributed by atoms with Crippen LogP contribution in [0.4, 0.5) is 0 Å². The van der Waals surface area contributed by atoms with Crippen molar-refractivity contribution < 1.29 is 14.6 Å². The second-order valence-electron chi connectivity index (χ2n) is 6.62. The lowest BCUT2D eigenvalue weighted by molar-refractivity contribution is -0.146. The van der Waals surface area contributed by atoms with Gasteiger partial charge in [0.1, 0.15) is 0 Å². The number of allylic oxidation sites excluding steroid dienone is 1. The van der Waals surface area contributed by atoms with Gasteiger partial charge >= 0.3 is 5.97 Å². The zero-order chi connectivity index (χ0) is 14.2. The van der Waals surface area contributed by atoms with Gasteiger partial charge in [-0.3, -0.25) is 4.79 Å². The Balaban J connectivity index is 2.29. The van der Waals surface area contributed by atoms with Crippen molar-refractivity contribution in [3.05, 3.63) is 11.6 Å². The first-order valence-corrected chi connectivity index (χ1v) is 7.38. The van der Waals surface area contributed by atoms with E-state index < -0.39 is 5.60 Å². The summed E-state index contributed by atoms with van der Waals surface area (Å²) in [5.74, 6) is 1.18. The van der Waals surface area contributed by atoms with Gasteiger partial charge in [0.05, 0.1) is 18.6 Å². The number of carbonyl (C=O) groups excluding carboxylic acids is 1. The van der Waals surface area contributed by atoms with Crippen molar-refractivity contribution in [1.29, 1.82) is 0 Å². The van der Waals surface area contributed by atoms with Gasteiger partial charge in [-0.2, -0.15) is 0 Å². The molecular formula is C16H26O3. The van der Waals surface area contributed by atoms with Crippen molar-refractivity contribution >= 4 is 5.97 Å². The van der Waals surface area contributed by atoms with Crippen LogP contribution in [0.5, 0.6) is 0 Å². The minimum atomic E-state index is -0.711. The first-order chi connectivity index (χ1) is 8.85. The van der Waals surface area contributed by atoms with Crippen LogP contribution in [0.25, 0.3) is 0 Å². The molecule has 0 radical (unpaired) electrons. The molecule has 0 heterocycles. The topological polar surface area (TPSA) is 46.5 Å². The average molecular weight is 266 g/mol. The Morgan fingerprint density at radius 1 is 1.47 bits per heavy atom. The molecule has 0 aromatic rings. The standard InChI is InChI=1S/C16H26O3/c1-10-5-6-13(11(2)15(17)19-4)14-9-16(3,18)8-7-12(10)14/h9-13,18H,5-8H2,1-4H3/t10-,11-,12+,13+,16-/m1/s1. The molecule has 0 bridgehead atoms. The highest BCUT2D eigenvalue weighted by atomic mass is 16.5. The fraction of sp³-hybridized carbons (Fsp3) is 0.812. The van der Waals surface area contributed by atoms with E-state index in [1.54, 1.807) is 0 Å². The van der Waals surface area contributed by atoms with Crippen LogP contribution >= 0.6 is 0 Å². The Bertz CT molecular complexity index is 383. The fourth-order valence-electron chi connectivity index (χ4n) is 3.85. The highest BCUT2D eigenvalue weighted by molar-refractivity contribution is 5.72. The molecule has 0 aromatic carbocycles. The van der Waals surface area contributed by atoms with E-state index in [0.29, 0.717) is 11.8 Å². The second-order valence-corrected chi connectivity index (χ2v) is 6.62. The van der Waals surface area contributed by atoms with Gasteiger partial charge in [-0.1, -0.05) is 25.5 Å². The molecule has 19 heavy (non-hydrogen) atoms. The molecule has 108 valence electrons. The predicted octanol–water partition coefficient (Wildman–Crippen LogP) is 2.93. The number of methoxy groups -OCH3 is 1. The van der Waals surface area contributed by atoms with Crippen LogP contribution in [0, 0.1) is 23.7 Å². The maximum atomic E-state index is 11.8. The van der Waals surface area contributed by atoms with Crippen LogP contribution in [-0.4, -0.2) is 23.8 Å². The van der Waals surface area contributed by atoms with Crippen molar-refractivity contribution in [3.8, 4) is 0 Å². The number of carbonyl (C=O) groups is 1. The first-order valence-electron chi connectivity index (χ1n) is 7.38. The van der Waals surface area contributed by atoms with Gasteiger partial charge < -0.3 is 9.84 Å². The molecule has 0 spiro atoms. The smallest absolute Gasteiger partial charge is 0.308 e. The number of esters is 1. The molecule has 0 saturated heterocycles. The fourth-order valence-corrected chi connectivity index (χ4v) is 3.85. The number of hydrogen-bond donors (Lipinski definition) is 1. The molecule has 0 aliphatic heterocycles. The second kappa shape index (κ2) is 5.28. The normalized spacial score (nSPS) is 40.1. The van der Waals surface area contributed by atoms with E-state index in [0.717, 1.165) is 25.7 Å². The minimum Gasteiger partial charge on any atom is -0.469 e. The zero-order valence-electron chi connectivity index (χ0n) is 12.5. The van der Waals surface area contributed by atoms with Crippen LogP contribution in [0.3, 0.4) is 0 Å². The lowest BCUT2D eigenvalue weighted by atomic mass is 9.62. The molecule has 0 aromatic heterocycles. The summed E-state index contributed by atoms with van der Waals surface area (Å²) in [7, 11) is 1.45. The third kappa shape index (κ3) is 2.86. The molecule has 2 aliphatic rings. The van der Waals surface area contributed by atoms with Crippen LogP contribution in [0.15, 0.2) is 11.6 Å². The highest BCUT2D eigenvalue weighted by Crippen LogP contribution is 2.48. The molecule has 5 atom stereocenters. The van der Waals surface area contributed by atoms with E-state index in [1.165, 1.54) is 12.7 Å². The van der Waals surface area contributed by atoms with E-state index in [2.05, 4.69) is 6.92 Å². The van der Waals surface area contributed by atoms with Gasteiger partial charge in [-0.15, -0.1) is 0 Å². The van der Waals surface area contributed by atoms with Gasteiger partial charge in [0.25, 0.3) is 0 Å². The van der Waals surface area contributed by atoms with E-state index in [-0.39, 0.29) is 17.8 Å². The summed E-state index contributed by atoms with van der Waals surface area (Å²) in [4.78, 5) is 11.8. The maximum absolute atomic E-state index is 11.8. The van der Waals surface area contributed by atoms with Crippen molar-refractivity contribution in [3.63, 3.8) is 0 Å². The zero-order valence-corrected chi connectivity index (χ0v) is 12.5. The van der Waals surface area contributed by atoms with Crippen molar-refractivity contribution in [2.75, 3.05) is 7.11 Å². The van der Waals surface area contributed by atoms with Gasteiger partial charge in [0.2, 0.25) is 0 Å². The molecule has 3 heteroatoms. The SMILES string of the molecule is COC(=O)[C@H](C)[C@@H]1CC[C@@H](C)[C@@H]2CC[C@@](C)(O)C=C21. The van der Waals surface area contributed by atoms with Crippen LogP contribution in [0.2, 0.25) is 0 Å². The Morgan fingerprint density at radius 2 is 2.16 bits per heavy atom. The van der Waals surface area contributed by atoms with E-state index in [4.69, 9.17) is 4.74 Å². The van der Waals surface area contributed by atoms with Crippen molar-refractivity contribution in [1.82, 2.24) is 0 Å². The third-order valence-corrected chi connectivity index (χ3v) is 5.09. The molecular weight excluding hydrogens is 240 g/mol. The molecule has 3 nitrogen and oxygen atoms in total. The van der Waals surface area contributed by atoms with Crippen molar-refractivity contribution in [2.45, 2.75) is 52.1 Å². The van der Waals surface area contributed by atoms with Gasteiger partial charge in [-0.05, 0) is 50.4 Å². The lowest BCUT2D eigenvalue weighted by Crippen LogP contribution is -2.39. The van der Waals surface area contributed by atoms with E-state index in [1.807, 2.05) is 19.9 Å². The molecule has 1 N–H and O–H groups in total. The average Bonchev–Trinajstić information content (AvgIpc) is 2.36. The monoisotopic (exact) mass is 266 g/mol. The molecule has 2 aliphatic carbocycles. The first kappa shape index (κ1) is 14.6. The summed E-state index contributed by atoms with van der Waals surface area (Å²) in [6.07, 6.45) is 6.07. The number of hydrogen-bond acceptors (Lipinski definition) is 3. The summed E-state index contributed by atoms with van der Waals surface area (Å²) in [5.41, 5.74) is 0.588. The number of rotatable bonds is 2. The van der Waals surface area contributed by atoms with Crippen LogP contribution in [-0.2, 0) is 9.53 Å². The van der Waals surface area contributed by atoms with Crippen LogP contribution in [0.1, 0.15) is 46.5 Å². The summed E-state index contributed by atoms with van der Waals surface area (Å²) >= 11 is 0. The molecule has 1 saturated carbocycles. The summed E-state index contributed by atoms with van der Waals surface area (Å²) < 4.78 is 4.90. The Hall–Kier alpha value is -0.830. The largest absolute Gasteiger partial charge is 0.469 e. The van der Waals surface area contributed by atoms with E-state index in [9.17, 15) is 9.90 Å². The van der Waals surface area contributed by atoms with Gasteiger partial charge in [0.15, 0.2) is 0 Å².